The molecule has 3 rings (SSSR count). The largest absolute Gasteiger partial charge is 0.325 e. The molecule has 5 heteroatoms. The number of carbonyl (C=O) groups excluding carboxylic acids is 1. The molecule has 24 heavy (non-hydrogen) atoms. The maximum Gasteiger partial charge on any atom is 0.228 e. The second-order valence-electron chi connectivity index (χ2n) is 6.17. The number of halogens is 2. The Bertz CT molecular complexity index is 705. The summed E-state index contributed by atoms with van der Waals surface area (Å²) in [4.78, 5) is 14.9. The third-order valence-electron chi connectivity index (χ3n) is 4.33. The summed E-state index contributed by atoms with van der Waals surface area (Å²) in [5.41, 5.74) is 2.06. The Balaban J connectivity index is 1.59. The van der Waals surface area contributed by atoms with Crippen molar-refractivity contribution in [2.24, 2.45) is 5.92 Å². The number of carbonyl (C=O) groups is 1. The van der Waals surface area contributed by atoms with Gasteiger partial charge < -0.3 is 5.32 Å². The molecule has 1 atom stereocenters. The molecule has 0 spiro atoms. The summed E-state index contributed by atoms with van der Waals surface area (Å²) in [6.07, 6.45) is 1.98. The van der Waals surface area contributed by atoms with E-state index in [1.54, 1.807) is 0 Å². The fraction of sp³-hybridized carbons (Fsp3) is 0.316. The normalized spacial score (nSPS) is 18.3. The molecule has 3 nitrogen and oxygen atoms in total. The van der Waals surface area contributed by atoms with Gasteiger partial charge in [-0.05, 0) is 65.1 Å². The molecule has 0 aliphatic carbocycles. The maximum absolute atomic E-state index is 12.6. The van der Waals surface area contributed by atoms with E-state index in [0.717, 1.165) is 47.7 Å². The lowest BCUT2D eigenvalue weighted by Crippen LogP contribution is -2.40. The molecule has 2 aromatic rings. The van der Waals surface area contributed by atoms with Crippen LogP contribution in [0.1, 0.15) is 18.4 Å². The first-order chi connectivity index (χ1) is 11.6. The molecule has 0 aromatic heterocycles. The van der Waals surface area contributed by atoms with Crippen molar-refractivity contribution >= 4 is 39.1 Å². The van der Waals surface area contributed by atoms with Gasteiger partial charge in [0.05, 0.1) is 11.6 Å². The summed E-state index contributed by atoms with van der Waals surface area (Å²) in [5.74, 6) is 0.126. The second-order valence-corrected chi connectivity index (χ2v) is 7.46. The van der Waals surface area contributed by atoms with Crippen molar-refractivity contribution in [3.63, 3.8) is 0 Å². The molecule has 1 heterocycles. The minimum absolute atomic E-state index is 0.0261. The Kier molecular flexibility index (Phi) is 5.93. The number of hydrogen-bond donors (Lipinski definition) is 1. The van der Waals surface area contributed by atoms with Crippen molar-refractivity contribution < 1.29 is 4.79 Å². The Labute approximate surface area is 156 Å². The van der Waals surface area contributed by atoms with Crippen LogP contribution in [0, 0.1) is 5.92 Å². The lowest BCUT2D eigenvalue weighted by Gasteiger charge is -2.32. The van der Waals surface area contributed by atoms with Gasteiger partial charge in [0, 0.05) is 22.6 Å². The Hall–Kier alpha value is -1.36. The average Bonchev–Trinajstić information content (AvgIpc) is 2.59. The molecule has 1 amide bonds. The minimum atomic E-state index is 0.0261. The molecule has 126 valence electrons. The Morgan fingerprint density at radius 1 is 1.21 bits per heavy atom. The van der Waals surface area contributed by atoms with Crippen LogP contribution < -0.4 is 5.32 Å². The van der Waals surface area contributed by atoms with Gasteiger partial charge in [-0.15, -0.1) is 0 Å². The van der Waals surface area contributed by atoms with Crippen LogP contribution in [0.25, 0.3) is 0 Å². The highest BCUT2D eigenvalue weighted by Gasteiger charge is 2.26. The van der Waals surface area contributed by atoms with Crippen molar-refractivity contribution in [1.29, 1.82) is 0 Å². The van der Waals surface area contributed by atoms with Crippen molar-refractivity contribution in [2.75, 3.05) is 18.4 Å². The summed E-state index contributed by atoms with van der Waals surface area (Å²) in [5, 5.41) is 3.79. The van der Waals surface area contributed by atoms with E-state index in [4.69, 9.17) is 11.6 Å². The lowest BCUT2D eigenvalue weighted by molar-refractivity contribution is -0.121. The number of nitrogens with zero attached hydrogens (tertiary/aromatic N) is 1. The van der Waals surface area contributed by atoms with Crippen molar-refractivity contribution in [3.05, 3.63) is 63.6 Å². The predicted molar refractivity (Wildman–Crippen MR) is 102 cm³/mol. The molecule has 2 aromatic carbocycles. The van der Waals surface area contributed by atoms with E-state index in [0.29, 0.717) is 0 Å². The van der Waals surface area contributed by atoms with Crippen LogP contribution in [-0.2, 0) is 11.3 Å². The Morgan fingerprint density at radius 3 is 2.71 bits per heavy atom. The van der Waals surface area contributed by atoms with E-state index >= 15 is 0 Å². The standard InChI is InChI=1S/C19H20BrClN2O/c20-17-5-1-2-6-18(17)22-19(24)15-4-3-11-23(13-15)12-14-7-9-16(21)10-8-14/h1-2,5-10,15H,3-4,11-13H2,(H,22,24). The van der Waals surface area contributed by atoms with Crippen LogP contribution >= 0.6 is 27.5 Å². The summed E-state index contributed by atoms with van der Waals surface area (Å²) in [6, 6.07) is 15.6. The quantitative estimate of drug-likeness (QED) is 0.777. The molecular weight excluding hydrogens is 388 g/mol. The summed E-state index contributed by atoms with van der Waals surface area (Å²) in [6.45, 7) is 2.68. The van der Waals surface area contributed by atoms with Gasteiger partial charge in [-0.3, -0.25) is 9.69 Å². The first-order valence-corrected chi connectivity index (χ1v) is 9.31. The van der Waals surface area contributed by atoms with Gasteiger partial charge in [0.25, 0.3) is 0 Å². The number of likely N-dealkylation sites (tertiary alicyclic amines) is 1. The van der Waals surface area contributed by atoms with Gasteiger partial charge in [0.1, 0.15) is 0 Å². The van der Waals surface area contributed by atoms with Crippen LogP contribution in [0.4, 0.5) is 5.69 Å². The molecule has 1 saturated heterocycles. The maximum atomic E-state index is 12.6. The van der Waals surface area contributed by atoms with E-state index in [1.165, 1.54) is 5.56 Å². The van der Waals surface area contributed by atoms with E-state index in [9.17, 15) is 4.79 Å². The number of piperidine rings is 1. The predicted octanol–water partition coefficient (Wildman–Crippen LogP) is 4.95. The molecule has 1 unspecified atom stereocenters. The molecular formula is C19H20BrClN2O. The van der Waals surface area contributed by atoms with Crippen molar-refractivity contribution in [2.45, 2.75) is 19.4 Å². The number of amides is 1. The smallest absolute Gasteiger partial charge is 0.228 e. The highest BCUT2D eigenvalue weighted by molar-refractivity contribution is 9.10. The minimum Gasteiger partial charge on any atom is -0.325 e. The number of hydrogen-bond acceptors (Lipinski definition) is 2. The van der Waals surface area contributed by atoms with Gasteiger partial charge in [0.2, 0.25) is 5.91 Å². The highest BCUT2D eigenvalue weighted by Crippen LogP contribution is 2.24. The second kappa shape index (κ2) is 8.15. The molecule has 0 bridgehead atoms. The Morgan fingerprint density at radius 2 is 1.96 bits per heavy atom. The molecule has 1 aliphatic rings. The van der Waals surface area contributed by atoms with Crippen molar-refractivity contribution in [3.8, 4) is 0 Å². The van der Waals surface area contributed by atoms with Gasteiger partial charge in [0.15, 0.2) is 0 Å². The first kappa shape index (κ1) is 17.5. The molecule has 0 radical (unpaired) electrons. The van der Waals surface area contributed by atoms with Gasteiger partial charge in [-0.1, -0.05) is 35.9 Å². The zero-order chi connectivity index (χ0) is 16.9. The van der Waals surface area contributed by atoms with Gasteiger partial charge in [-0.2, -0.15) is 0 Å². The SMILES string of the molecule is O=C(Nc1ccccc1Br)C1CCCN(Cc2ccc(Cl)cc2)C1. The number of rotatable bonds is 4. The van der Waals surface area contributed by atoms with E-state index in [-0.39, 0.29) is 11.8 Å². The highest BCUT2D eigenvalue weighted by atomic mass is 79.9. The van der Waals surface area contributed by atoms with Gasteiger partial charge in [-0.25, -0.2) is 0 Å². The van der Waals surface area contributed by atoms with Crippen LogP contribution in [0.3, 0.4) is 0 Å². The van der Waals surface area contributed by atoms with Crippen LogP contribution in [0.15, 0.2) is 53.0 Å². The summed E-state index contributed by atoms with van der Waals surface area (Å²) < 4.78 is 0.909. The van der Waals surface area contributed by atoms with E-state index in [1.807, 2.05) is 48.5 Å². The molecule has 1 aliphatic heterocycles. The zero-order valence-electron chi connectivity index (χ0n) is 13.3. The topological polar surface area (TPSA) is 32.3 Å². The third-order valence-corrected chi connectivity index (χ3v) is 5.27. The lowest BCUT2D eigenvalue weighted by atomic mass is 9.96. The molecule has 1 fully saturated rings. The van der Waals surface area contributed by atoms with Crippen LogP contribution in [0.5, 0.6) is 0 Å². The van der Waals surface area contributed by atoms with Crippen LogP contribution in [0.2, 0.25) is 5.02 Å². The number of anilines is 1. The van der Waals surface area contributed by atoms with Gasteiger partial charge >= 0.3 is 0 Å². The molecule has 1 N–H and O–H groups in total. The summed E-state index contributed by atoms with van der Waals surface area (Å²) >= 11 is 9.41. The first-order valence-electron chi connectivity index (χ1n) is 8.14. The number of para-hydroxylation sites is 1. The number of benzene rings is 2. The third kappa shape index (κ3) is 4.59. The van der Waals surface area contributed by atoms with Crippen molar-refractivity contribution in [1.82, 2.24) is 4.90 Å². The number of nitrogens with one attached hydrogen (secondary N) is 1. The van der Waals surface area contributed by atoms with E-state index < -0.39 is 0 Å². The monoisotopic (exact) mass is 406 g/mol. The fourth-order valence-corrected chi connectivity index (χ4v) is 3.57. The summed E-state index contributed by atoms with van der Waals surface area (Å²) in [7, 11) is 0. The zero-order valence-corrected chi connectivity index (χ0v) is 15.7. The average molecular weight is 408 g/mol. The van der Waals surface area contributed by atoms with Crippen LogP contribution in [-0.4, -0.2) is 23.9 Å². The fourth-order valence-electron chi connectivity index (χ4n) is 3.06. The van der Waals surface area contributed by atoms with E-state index in [2.05, 4.69) is 26.1 Å². The molecule has 0 saturated carbocycles.